The van der Waals surface area contributed by atoms with E-state index < -0.39 is 16.1 Å². The average molecular weight is 543 g/mol. The van der Waals surface area contributed by atoms with E-state index in [2.05, 4.69) is 42.9 Å². The molecule has 0 aliphatic heterocycles. The van der Waals surface area contributed by atoms with Crippen molar-refractivity contribution in [3.8, 4) is 5.75 Å². The highest BCUT2D eigenvalue weighted by Crippen LogP contribution is 2.31. The number of nitrogens with one attached hydrogen (secondary N) is 2. The molecule has 0 heterocycles. The predicted octanol–water partition coefficient (Wildman–Crippen LogP) is 6.72. The van der Waals surface area contributed by atoms with E-state index in [-0.39, 0.29) is 16.4 Å². The van der Waals surface area contributed by atoms with Crippen molar-refractivity contribution in [2.24, 2.45) is 0 Å². The molecule has 0 unspecified atom stereocenters. The van der Waals surface area contributed by atoms with E-state index in [0.29, 0.717) is 13.2 Å². The van der Waals surface area contributed by atoms with Gasteiger partial charge in [0.15, 0.2) is 0 Å². The van der Waals surface area contributed by atoms with Gasteiger partial charge in [0, 0.05) is 6.54 Å². The number of hydrogen-bond acceptors (Lipinski definition) is 4. The van der Waals surface area contributed by atoms with Crippen LogP contribution in [0.1, 0.15) is 55.1 Å². The smallest absolute Gasteiger partial charge is 0.241 e. The van der Waals surface area contributed by atoms with Crippen LogP contribution in [0.4, 0.5) is 0 Å². The second-order valence-corrected chi connectivity index (χ2v) is 12.5. The normalized spacial score (nSPS) is 13.5. The first kappa shape index (κ1) is 28.6. The molecule has 2 N–H and O–H groups in total. The molecule has 0 aromatic heterocycles. The molecule has 4 aromatic rings. The minimum Gasteiger partial charge on any atom is -0.492 e. The Labute approximate surface area is 233 Å². The maximum absolute atomic E-state index is 13.5. The van der Waals surface area contributed by atoms with Crippen LogP contribution in [0.3, 0.4) is 0 Å². The third-order valence-electron chi connectivity index (χ3n) is 6.72. The Morgan fingerprint density at radius 2 is 1.26 bits per heavy atom. The highest BCUT2D eigenvalue weighted by atomic mass is 32.2. The van der Waals surface area contributed by atoms with Gasteiger partial charge in [0.05, 0.1) is 17.0 Å². The van der Waals surface area contributed by atoms with Crippen LogP contribution >= 0.6 is 0 Å². The van der Waals surface area contributed by atoms with Crippen LogP contribution in [0.5, 0.6) is 5.75 Å². The molecule has 204 valence electrons. The van der Waals surface area contributed by atoms with Gasteiger partial charge in [-0.05, 0) is 53.3 Å². The number of rotatable bonds is 11. The monoisotopic (exact) mass is 542 g/mol. The van der Waals surface area contributed by atoms with Gasteiger partial charge in [-0.1, -0.05) is 111 Å². The number of aryl methyl sites for hydroxylation is 1. The summed E-state index contributed by atoms with van der Waals surface area (Å²) < 4.78 is 36.0. The van der Waals surface area contributed by atoms with E-state index in [9.17, 15) is 8.42 Å². The molecule has 5 nitrogen and oxygen atoms in total. The standard InChI is InChI=1S/C33H38N2O3S/c1-25-15-21-30(22-16-25)39(36,37)35-32(27-13-9-6-10-14-27)31(26-11-7-5-8-12-26)34-23-24-38-29-19-17-28(18-20-29)33(2,3)4/h5-22,31-32,34-35H,23-24H2,1-4H3/t31-,32+/m1/s1. The van der Waals surface area contributed by atoms with Crippen molar-refractivity contribution < 1.29 is 13.2 Å². The quantitative estimate of drug-likeness (QED) is 0.206. The van der Waals surface area contributed by atoms with Crippen molar-refractivity contribution >= 4 is 10.0 Å². The van der Waals surface area contributed by atoms with Crippen molar-refractivity contribution in [3.05, 3.63) is 131 Å². The molecule has 0 saturated heterocycles. The first-order chi connectivity index (χ1) is 18.6. The Bertz CT molecular complexity index is 1410. The van der Waals surface area contributed by atoms with Gasteiger partial charge >= 0.3 is 0 Å². The molecule has 4 rings (SSSR count). The molecule has 39 heavy (non-hydrogen) atoms. The zero-order valence-electron chi connectivity index (χ0n) is 23.1. The van der Waals surface area contributed by atoms with Crippen LogP contribution in [0, 0.1) is 6.92 Å². The van der Waals surface area contributed by atoms with Crippen LogP contribution in [0.15, 0.2) is 114 Å². The summed E-state index contributed by atoms with van der Waals surface area (Å²) in [7, 11) is -3.79. The van der Waals surface area contributed by atoms with Gasteiger partial charge in [-0.15, -0.1) is 0 Å². The average Bonchev–Trinajstić information content (AvgIpc) is 2.93. The van der Waals surface area contributed by atoms with Gasteiger partial charge in [-0.25, -0.2) is 13.1 Å². The molecule has 4 aromatic carbocycles. The van der Waals surface area contributed by atoms with Crippen molar-refractivity contribution in [1.29, 1.82) is 0 Å². The first-order valence-electron chi connectivity index (χ1n) is 13.3. The maximum atomic E-state index is 13.5. The summed E-state index contributed by atoms with van der Waals surface area (Å²) in [5.74, 6) is 0.806. The van der Waals surface area contributed by atoms with E-state index in [1.165, 1.54) is 5.56 Å². The van der Waals surface area contributed by atoms with Crippen molar-refractivity contribution in [2.75, 3.05) is 13.2 Å². The fraction of sp³-hybridized carbons (Fsp3) is 0.273. The van der Waals surface area contributed by atoms with E-state index in [1.54, 1.807) is 12.1 Å². The van der Waals surface area contributed by atoms with Crippen LogP contribution in [0.25, 0.3) is 0 Å². The molecule has 6 heteroatoms. The van der Waals surface area contributed by atoms with Crippen molar-refractivity contribution in [3.63, 3.8) is 0 Å². The Morgan fingerprint density at radius 3 is 1.79 bits per heavy atom. The molecular weight excluding hydrogens is 504 g/mol. The van der Waals surface area contributed by atoms with E-state index >= 15 is 0 Å². The van der Waals surface area contributed by atoms with E-state index in [1.807, 2.05) is 91.9 Å². The fourth-order valence-corrected chi connectivity index (χ4v) is 5.70. The molecule has 0 bridgehead atoms. The Hall–Kier alpha value is -3.45. The first-order valence-corrected chi connectivity index (χ1v) is 14.8. The van der Waals surface area contributed by atoms with E-state index in [4.69, 9.17) is 4.74 Å². The van der Waals surface area contributed by atoms with Crippen molar-refractivity contribution in [2.45, 2.75) is 50.1 Å². The maximum Gasteiger partial charge on any atom is 0.241 e. The van der Waals surface area contributed by atoms with Crippen LogP contribution in [-0.2, 0) is 15.4 Å². The van der Waals surface area contributed by atoms with Gasteiger partial charge in [-0.2, -0.15) is 0 Å². The fourth-order valence-electron chi connectivity index (χ4n) is 4.46. The summed E-state index contributed by atoms with van der Waals surface area (Å²) >= 11 is 0. The summed E-state index contributed by atoms with van der Waals surface area (Å²) in [5.41, 5.74) is 4.19. The topological polar surface area (TPSA) is 67.4 Å². The summed E-state index contributed by atoms with van der Waals surface area (Å²) in [6.07, 6.45) is 0. The van der Waals surface area contributed by atoms with Crippen LogP contribution in [0.2, 0.25) is 0 Å². The minimum atomic E-state index is -3.79. The number of hydrogen-bond donors (Lipinski definition) is 2. The molecule has 2 atom stereocenters. The zero-order chi connectivity index (χ0) is 27.9. The lowest BCUT2D eigenvalue weighted by Crippen LogP contribution is -2.39. The Balaban J connectivity index is 1.56. The molecule has 0 saturated carbocycles. The van der Waals surface area contributed by atoms with Gasteiger partial charge in [0.1, 0.15) is 12.4 Å². The molecular formula is C33H38N2O3S. The third kappa shape index (κ3) is 7.79. The lowest BCUT2D eigenvalue weighted by atomic mass is 9.87. The summed E-state index contributed by atoms with van der Waals surface area (Å²) in [4.78, 5) is 0.239. The molecule has 0 spiro atoms. The minimum absolute atomic E-state index is 0.0847. The molecule has 0 radical (unpaired) electrons. The second-order valence-electron chi connectivity index (χ2n) is 10.8. The Morgan fingerprint density at radius 1 is 0.718 bits per heavy atom. The zero-order valence-corrected chi connectivity index (χ0v) is 23.9. The van der Waals surface area contributed by atoms with Gasteiger partial charge in [0.25, 0.3) is 0 Å². The molecule has 0 aliphatic carbocycles. The second kappa shape index (κ2) is 12.6. The number of sulfonamides is 1. The summed E-state index contributed by atoms with van der Waals surface area (Å²) in [6.45, 7) is 9.46. The molecule has 0 fully saturated rings. The van der Waals surface area contributed by atoms with E-state index in [0.717, 1.165) is 22.4 Å². The van der Waals surface area contributed by atoms with Gasteiger partial charge in [0.2, 0.25) is 10.0 Å². The van der Waals surface area contributed by atoms with Gasteiger partial charge in [-0.3, -0.25) is 0 Å². The largest absolute Gasteiger partial charge is 0.492 e. The van der Waals surface area contributed by atoms with Crippen LogP contribution in [-0.4, -0.2) is 21.6 Å². The number of ether oxygens (including phenoxy) is 1. The third-order valence-corrected chi connectivity index (χ3v) is 8.18. The highest BCUT2D eigenvalue weighted by Gasteiger charge is 2.29. The lowest BCUT2D eigenvalue weighted by Gasteiger charge is -2.30. The summed E-state index contributed by atoms with van der Waals surface area (Å²) in [5, 5.41) is 3.57. The Kier molecular flexibility index (Phi) is 9.23. The lowest BCUT2D eigenvalue weighted by molar-refractivity contribution is 0.296. The summed E-state index contributed by atoms with van der Waals surface area (Å²) in [6, 6.07) is 33.8. The molecule has 0 aliphatic rings. The van der Waals surface area contributed by atoms with Crippen molar-refractivity contribution in [1.82, 2.24) is 10.0 Å². The van der Waals surface area contributed by atoms with Gasteiger partial charge < -0.3 is 10.1 Å². The predicted molar refractivity (Wildman–Crippen MR) is 159 cm³/mol. The molecule has 0 amide bonds. The number of benzene rings is 4. The highest BCUT2D eigenvalue weighted by molar-refractivity contribution is 7.89. The SMILES string of the molecule is Cc1ccc(S(=O)(=O)N[C@@H](c2ccccc2)[C@H](NCCOc2ccc(C(C)(C)C)cc2)c2ccccc2)cc1. The van der Waals surface area contributed by atoms with Crippen LogP contribution < -0.4 is 14.8 Å².